The Hall–Kier alpha value is -1.71. The largest absolute Gasteiger partial charge is 0.359 e. The van der Waals surface area contributed by atoms with Crippen molar-refractivity contribution in [2.24, 2.45) is 0 Å². The van der Waals surface area contributed by atoms with E-state index in [1.54, 1.807) is 6.20 Å². The molecule has 0 saturated heterocycles. The number of fused-ring (bicyclic) bond motifs is 1. The van der Waals surface area contributed by atoms with Crippen LogP contribution in [0.1, 0.15) is 17.3 Å². The van der Waals surface area contributed by atoms with Crippen molar-refractivity contribution >= 4 is 16.8 Å². The predicted molar refractivity (Wildman–Crippen MR) is 46.1 cm³/mol. The standard InChI is InChI=1S/C9H7FN2O/c1-5(13)7-4-11-8-2-6(10)3-12-9(7)8/h2-4,11H,1H3. The van der Waals surface area contributed by atoms with Crippen molar-refractivity contribution in [3.63, 3.8) is 0 Å². The highest BCUT2D eigenvalue weighted by molar-refractivity contribution is 6.05. The minimum Gasteiger partial charge on any atom is -0.359 e. The first kappa shape index (κ1) is 7.91. The molecule has 3 nitrogen and oxygen atoms in total. The number of carbonyl (C=O) groups excluding carboxylic acids is 1. The molecule has 0 saturated carbocycles. The van der Waals surface area contributed by atoms with Gasteiger partial charge in [-0.05, 0) is 6.92 Å². The summed E-state index contributed by atoms with van der Waals surface area (Å²) in [5.41, 5.74) is 1.56. The van der Waals surface area contributed by atoms with Crippen LogP contribution in [0.15, 0.2) is 18.5 Å². The molecule has 0 fully saturated rings. The highest BCUT2D eigenvalue weighted by Crippen LogP contribution is 2.16. The number of nitrogens with zero attached hydrogens (tertiary/aromatic N) is 1. The molecule has 0 aliphatic heterocycles. The second-order valence-electron chi connectivity index (χ2n) is 2.81. The molecule has 4 heteroatoms. The van der Waals surface area contributed by atoms with Gasteiger partial charge in [0.25, 0.3) is 0 Å². The summed E-state index contributed by atoms with van der Waals surface area (Å²) < 4.78 is 12.7. The van der Waals surface area contributed by atoms with Gasteiger partial charge in [0.1, 0.15) is 5.82 Å². The molecule has 0 radical (unpaired) electrons. The first-order valence-corrected chi connectivity index (χ1v) is 3.82. The lowest BCUT2D eigenvalue weighted by Crippen LogP contribution is -1.90. The Bertz CT molecular complexity index is 475. The van der Waals surface area contributed by atoms with Crippen molar-refractivity contribution in [2.75, 3.05) is 0 Å². The minimum atomic E-state index is -0.413. The number of hydrogen-bond acceptors (Lipinski definition) is 2. The molecule has 2 rings (SSSR count). The van der Waals surface area contributed by atoms with Gasteiger partial charge >= 0.3 is 0 Å². The van der Waals surface area contributed by atoms with Gasteiger partial charge in [0.2, 0.25) is 0 Å². The van der Waals surface area contributed by atoms with Crippen molar-refractivity contribution in [1.29, 1.82) is 0 Å². The number of nitrogens with one attached hydrogen (secondary N) is 1. The molecule has 0 aliphatic carbocycles. The van der Waals surface area contributed by atoms with E-state index >= 15 is 0 Å². The number of halogens is 1. The summed E-state index contributed by atoms with van der Waals surface area (Å²) in [4.78, 5) is 17.7. The van der Waals surface area contributed by atoms with Crippen LogP contribution in [0.5, 0.6) is 0 Å². The van der Waals surface area contributed by atoms with Gasteiger partial charge in [-0.25, -0.2) is 4.39 Å². The van der Waals surface area contributed by atoms with E-state index in [2.05, 4.69) is 9.97 Å². The number of aromatic amines is 1. The number of ketones is 1. The summed E-state index contributed by atoms with van der Waals surface area (Å²) in [6.07, 6.45) is 2.64. The topological polar surface area (TPSA) is 45.8 Å². The number of rotatable bonds is 1. The van der Waals surface area contributed by atoms with Crippen LogP contribution in [-0.2, 0) is 0 Å². The minimum absolute atomic E-state index is 0.0784. The van der Waals surface area contributed by atoms with E-state index in [4.69, 9.17) is 0 Å². The first-order chi connectivity index (χ1) is 6.18. The fraction of sp³-hybridized carbons (Fsp3) is 0.111. The second kappa shape index (κ2) is 2.65. The second-order valence-corrected chi connectivity index (χ2v) is 2.81. The van der Waals surface area contributed by atoms with Crippen LogP contribution in [0.2, 0.25) is 0 Å². The maximum absolute atomic E-state index is 12.7. The third kappa shape index (κ3) is 1.20. The number of aromatic nitrogens is 2. The quantitative estimate of drug-likeness (QED) is 0.678. The Balaban J connectivity index is 2.76. The molecule has 0 bridgehead atoms. The van der Waals surface area contributed by atoms with Crippen molar-refractivity contribution < 1.29 is 9.18 Å². The van der Waals surface area contributed by atoms with E-state index in [0.29, 0.717) is 16.6 Å². The van der Waals surface area contributed by atoms with E-state index in [9.17, 15) is 9.18 Å². The zero-order valence-electron chi connectivity index (χ0n) is 6.97. The average Bonchev–Trinajstić information content (AvgIpc) is 2.46. The molecule has 0 amide bonds. The SMILES string of the molecule is CC(=O)c1c[nH]c2cc(F)cnc12. The van der Waals surface area contributed by atoms with Gasteiger partial charge in [0.15, 0.2) is 5.78 Å². The summed E-state index contributed by atoms with van der Waals surface area (Å²) in [5, 5.41) is 0. The molecular formula is C9H7FN2O. The van der Waals surface area contributed by atoms with Crippen molar-refractivity contribution in [3.8, 4) is 0 Å². The molecule has 0 unspecified atom stereocenters. The Labute approximate surface area is 73.6 Å². The lowest BCUT2D eigenvalue weighted by molar-refractivity contribution is 0.101. The molecule has 2 heterocycles. The van der Waals surface area contributed by atoms with Crippen molar-refractivity contribution in [2.45, 2.75) is 6.92 Å². The van der Waals surface area contributed by atoms with Crippen LogP contribution in [0.3, 0.4) is 0 Å². The van der Waals surface area contributed by atoms with E-state index in [1.165, 1.54) is 13.0 Å². The number of H-pyrrole nitrogens is 1. The van der Waals surface area contributed by atoms with Crippen LogP contribution in [0, 0.1) is 5.82 Å². The van der Waals surface area contributed by atoms with Crippen LogP contribution in [0.25, 0.3) is 11.0 Å². The first-order valence-electron chi connectivity index (χ1n) is 3.82. The van der Waals surface area contributed by atoms with Gasteiger partial charge in [-0.2, -0.15) is 0 Å². The van der Waals surface area contributed by atoms with Gasteiger partial charge in [0, 0.05) is 12.3 Å². The van der Waals surface area contributed by atoms with Gasteiger partial charge in [0.05, 0.1) is 22.8 Å². The number of hydrogen-bond donors (Lipinski definition) is 1. The number of pyridine rings is 1. The summed E-state index contributed by atoms with van der Waals surface area (Å²) in [6, 6.07) is 1.31. The van der Waals surface area contributed by atoms with Crippen LogP contribution in [0.4, 0.5) is 4.39 Å². The van der Waals surface area contributed by atoms with E-state index in [0.717, 1.165) is 6.20 Å². The third-order valence-electron chi connectivity index (χ3n) is 1.86. The lowest BCUT2D eigenvalue weighted by Gasteiger charge is -1.91. The van der Waals surface area contributed by atoms with E-state index in [1.807, 2.05) is 0 Å². The van der Waals surface area contributed by atoms with Gasteiger partial charge in [-0.3, -0.25) is 9.78 Å². The third-order valence-corrected chi connectivity index (χ3v) is 1.86. The summed E-state index contributed by atoms with van der Waals surface area (Å²) in [6.45, 7) is 1.45. The van der Waals surface area contributed by atoms with Gasteiger partial charge in [-0.1, -0.05) is 0 Å². The Morgan fingerprint density at radius 2 is 2.38 bits per heavy atom. The number of Topliss-reactive ketones (excluding diaryl/α,β-unsaturated/α-hetero) is 1. The Morgan fingerprint density at radius 3 is 3.08 bits per heavy atom. The molecular weight excluding hydrogens is 171 g/mol. The maximum atomic E-state index is 12.7. The highest BCUT2D eigenvalue weighted by Gasteiger charge is 2.08. The number of carbonyl (C=O) groups is 1. The summed E-state index contributed by atoms with van der Waals surface area (Å²) >= 11 is 0. The molecule has 0 spiro atoms. The summed E-state index contributed by atoms with van der Waals surface area (Å²) in [5.74, 6) is -0.491. The zero-order valence-corrected chi connectivity index (χ0v) is 6.97. The fourth-order valence-corrected chi connectivity index (χ4v) is 1.25. The van der Waals surface area contributed by atoms with E-state index < -0.39 is 5.82 Å². The van der Waals surface area contributed by atoms with Gasteiger partial charge < -0.3 is 4.98 Å². The Kier molecular flexibility index (Phi) is 1.62. The maximum Gasteiger partial charge on any atom is 0.163 e. The molecule has 0 atom stereocenters. The zero-order chi connectivity index (χ0) is 9.42. The Morgan fingerprint density at radius 1 is 1.62 bits per heavy atom. The van der Waals surface area contributed by atoms with Crippen LogP contribution in [-0.4, -0.2) is 15.8 Å². The normalized spacial score (nSPS) is 10.6. The molecule has 1 N–H and O–H groups in total. The molecule has 0 aromatic carbocycles. The smallest absolute Gasteiger partial charge is 0.163 e. The van der Waals surface area contributed by atoms with Crippen LogP contribution < -0.4 is 0 Å². The summed E-state index contributed by atoms with van der Waals surface area (Å²) in [7, 11) is 0. The molecule has 13 heavy (non-hydrogen) atoms. The highest BCUT2D eigenvalue weighted by atomic mass is 19.1. The predicted octanol–water partition coefficient (Wildman–Crippen LogP) is 1.90. The van der Waals surface area contributed by atoms with Gasteiger partial charge in [-0.15, -0.1) is 0 Å². The van der Waals surface area contributed by atoms with Crippen molar-refractivity contribution in [3.05, 3.63) is 29.8 Å². The monoisotopic (exact) mass is 178 g/mol. The van der Waals surface area contributed by atoms with Crippen molar-refractivity contribution in [1.82, 2.24) is 9.97 Å². The molecule has 0 aliphatic rings. The molecule has 66 valence electrons. The lowest BCUT2D eigenvalue weighted by atomic mass is 10.2. The van der Waals surface area contributed by atoms with Crippen LogP contribution >= 0.6 is 0 Å². The van der Waals surface area contributed by atoms with E-state index in [-0.39, 0.29) is 5.78 Å². The molecule has 2 aromatic rings. The molecule has 2 aromatic heterocycles. The average molecular weight is 178 g/mol. The fourth-order valence-electron chi connectivity index (χ4n) is 1.25.